The van der Waals surface area contributed by atoms with Gasteiger partial charge in [0.1, 0.15) is 23.5 Å². The van der Waals surface area contributed by atoms with Crippen molar-refractivity contribution in [3.8, 4) is 11.5 Å². The van der Waals surface area contributed by atoms with E-state index >= 15 is 0 Å². The fraction of sp³-hybridized carbons (Fsp3) is 0.238. The van der Waals surface area contributed by atoms with Gasteiger partial charge in [-0.15, -0.1) is 0 Å². The maximum atomic E-state index is 12.1. The summed E-state index contributed by atoms with van der Waals surface area (Å²) in [6.07, 6.45) is 0. The molecule has 2 heterocycles. The summed E-state index contributed by atoms with van der Waals surface area (Å²) in [5, 5.41) is 21.3. The predicted octanol–water partition coefficient (Wildman–Crippen LogP) is 3.04. The van der Waals surface area contributed by atoms with Crippen LogP contribution in [0.15, 0.2) is 53.5 Å². The molecule has 0 radical (unpaired) electrons. The van der Waals surface area contributed by atoms with Crippen LogP contribution in [0.5, 0.6) is 11.5 Å². The second kappa shape index (κ2) is 8.34. The lowest BCUT2D eigenvalue weighted by Crippen LogP contribution is -2.36. The number of aliphatic carboxylic acids is 1. The molecule has 0 saturated carbocycles. The topological polar surface area (TPSA) is 129 Å². The molecule has 0 aliphatic carbocycles. The van der Waals surface area contributed by atoms with E-state index in [4.69, 9.17) is 9.47 Å². The fourth-order valence-corrected chi connectivity index (χ4v) is 3.51. The number of esters is 1. The Bertz CT molecular complexity index is 1170. The minimum atomic E-state index is -1.05. The van der Waals surface area contributed by atoms with Gasteiger partial charge in [0.15, 0.2) is 0 Å². The average Bonchev–Trinajstić information content (AvgIpc) is 3.21. The van der Waals surface area contributed by atoms with Crippen LogP contribution < -0.4 is 4.74 Å². The van der Waals surface area contributed by atoms with Gasteiger partial charge in [-0.1, -0.05) is 29.4 Å². The van der Waals surface area contributed by atoms with E-state index in [9.17, 15) is 14.7 Å². The Labute approximate surface area is 177 Å². The van der Waals surface area contributed by atoms with E-state index in [1.807, 2.05) is 0 Å². The number of carbonyl (C=O) groups is 2. The molecule has 4 rings (SSSR count). The van der Waals surface area contributed by atoms with Gasteiger partial charge in [-0.2, -0.15) is 0 Å². The number of ether oxygens (including phenoxy) is 2. The minimum Gasteiger partial charge on any atom is -0.481 e. The molecular weight excluding hydrogens is 402 g/mol. The van der Waals surface area contributed by atoms with Gasteiger partial charge < -0.3 is 14.6 Å². The number of carboxylic acids is 1. The first-order chi connectivity index (χ1) is 15.0. The highest BCUT2D eigenvalue weighted by Crippen LogP contribution is 2.40. The molecule has 0 bridgehead atoms. The molecule has 0 fully saturated rings. The summed E-state index contributed by atoms with van der Waals surface area (Å²) in [6.45, 7) is 3.63. The van der Waals surface area contributed by atoms with Crippen LogP contribution in [0.1, 0.15) is 35.8 Å². The molecule has 158 valence electrons. The number of carboxylic acid groups (broad SMARTS) is 1. The minimum absolute atomic E-state index is 0.221. The lowest BCUT2D eigenvalue weighted by molar-refractivity contribution is -0.140. The largest absolute Gasteiger partial charge is 0.481 e. The van der Waals surface area contributed by atoms with Gasteiger partial charge >= 0.3 is 11.9 Å². The summed E-state index contributed by atoms with van der Waals surface area (Å²) in [4.78, 5) is 28.3. The number of hydrogen-bond acceptors (Lipinski definition) is 8. The van der Waals surface area contributed by atoms with Gasteiger partial charge in [-0.3, -0.25) is 4.79 Å². The molecule has 2 aromatic carbocycles. The standard InChI is InChI=1S/C21H19N5O5/c1-3-30-20(29)13-7-6-8-14(11-13)31-16-10-5-4-9-15(16)18-17(19(27)28)12(2)22-21-23-24-25-26(18)21/h4-11,17-18H,3H2,1-2H3,(H,27,28). The molecule has 1 aliphatic rings. The first-order valence-electron chi connectivity index (χ1n) is 9.59. The number of tetrazole rings is 1. The molecule has 2 atom stereocenters. The van der Waals surface area contributed by atoms with Gasteiger partial charge in [-0.05, 0) is 48.5 Å². The van der Waals surface area contributed by atoms with Gasteiger partial charge in [0.25, 0.3) is 5.95 Å². The fourth-order valence-electron chi connectivity index (χ4n) is 3.51. The van der Waals surface area contributed by atoms with Crippen molar-refractivity contribution in [2.75, 3.05) is 6.61 Å². The zero-order chi connectivity index (χ0) is 22.0. The zero-order valence-electron chi connectivity index (χ0n) is 16.8. The molecule has 0 saturated heterocycles. The SMILES string of the molecule is CCOC(=O)c1cccc(Oc2ccccc2C2C(C(=O)O)C(C)=Nc3nnnn32)c1. The number of rotatable bonds is 6. The van der Waals surface area contributed by atoms with Crippen molar-refractivity contribution in [2.24, 2.45) is 10.9 Å². The Balaban J connectivity index is 1.75. The van der Waals surface area contributed by atoms with Gasteiger partial charge in [0.2, 0.25) is 0 Å². The molecule has 10 heteroatoms. The third-order valence-corrected chi connectivity index (χ3v) is 4.86. The number of aliphatic imine (C=N–C) groups is 1. The second-order valence-corrected chi connectivity index (χ2v) is 6.83. The Morgan fingerprint density at radius 3 is 2.74 bits per heavy atom. The summed E-state index contributed by atoms with van der Waals surface area (Å²) in [7, 11) is 0. The molecule has 31 heavy (non-hydrogen) atoms. The summed E-state index contributed by atoms with van der Waals surface area (Å²) in [5.41, 5.74) is 1.31. The Hall–Kier alpha value is -4.08. The van der Waals surface area contributed by atoms with Gasteiger partial charge in [0, 0.05) is 11.3 Å². The van der Waals surface area contributed by atoms with Crippen molar-refractivity contribution in [2.45, 2.75) is 19.9 Å². The number of para-hydroxylation sites is 1. The quantitative estimate of drug-likeness (QED) is 0.601. The average molecular weight is 421 g/mol. The lowest BCUT2D eigenvalue weighted by Gasteiger charge is -2.28. The maximum Gasteiger partial charge on any atom is 0.338 e. The molecule has 0 amide bonds. The summed E-state index contributed by atoms with van der Waals surface area (Å²) < 4.78 is 12.5. The van der Waals surface area contributed by atoms with Gasteiger partial charge in [0.05, 0.1) is 12.2 Å². The molecule has 1 aliphatic heterocycles. The molecule has 1 N–H and O–H groups in total. The van der Waals surface area contributed by atoms with E-state index in [-0.39, 0.29) is 12.6 Å². The molecule has 10 nitrogen and oxygen atoms in total. The predicted molar refractivity (Wildman–Crippen MR) is 109 cm³/mol. The molecule has 3 aromatic rings. The van der Waals surface area contributed by atoms with E-state index in [0.717, 1.165) is 0 Å². The lowest BCUT2D eigenvalue weighted by atomic mass is 9.88. The Morgan fingerprint density at radius 2 is 1.97 bits per heavy atom. The van der Waals surface area contributed by atoms with Crippen LogP contribution in [0, 0.1) is 5.92 Å². The Kier molecular flexibility index (Phi) is 5.44. The van der Waals surface area contributed by atoms with Crippen molar-refractivity contribution in [1.29, 1.82) is 0 Å². The van der Waals surface area contributed by atoms with Crippen LogP contribution in [0.3, 0.4) is 0 Å². The van der Waals surface area contributed by atoms with E-state index < -0.39 is 23.9 Å². The van der Waals surface area contributed by atoms with E-state index in [1.54, 1.807) is 62.4 Å². The van der Waals surface area contributed by atoms with E-state index in [2.05, 4.69) is 20.5 Å². The van der Waals surface area contributed by atoms with Crippen molar-refractivity contribution in [3.05, 3.63) is 59.7 Å². The number of nitrogens with zero attached hydrogens (tertiary/aromatic N) is 5. The molecular formula is C21H19N5O5. The van der Waals surface area contributed by atoms with Crippen molar-refractivity contribution >= 4 is 23.6 Å². The number of aromatic nitrogens is 4. The highest BCUT2D eigenvalue weighted by atomic mass is 16.5. The number of carbonyl (C=O) groups excluding carboxylic acids is 1. The summed E-state index contributed by atoms with van der Waals surface area (Å²) in [5.74, 6) is -1.44. The molecule has 0 spiro atoms. The van der Waals surface area contributed by atoms with Crippen molar-refractivity contribution in [1.82, 2.24) is 20.2 Å². The third kappa shape index (κ3) is 3.87. The molecule has 2 unspecified atom stereocenters. The smallest absolute Gasteiger partial charge is 0.338 e. The van der Waals surface area contributed by atoms with Crippen LogP contribution in [-0.2, 0) is 9.53 Å². The first kappa shape index (κ1) is 20.2. The van der Waals surface area contributed by atoms with Crippen LogP contribution in [0.4, 0.5) is 5.95 Å². The van der Waals surface area contributed by atoms with E-state index in [1.165, 1.54) is 4.68 Å². The monoisotopic (exact) mass is 421 g/mol. The summed E-state index contributed by atoms with van der Waals surface area (Å²) >= 11 is 0. The first-order valence-corrected chi connectivity index (χ1v) is 9.59. The normalized spacial score (nSPS) is 17.4. The summed E-state index contributed by atoms with van der Waals surface area (Å²) in [6, 6.07) is 12.8. The van der Waals surface area contributed by atoms with E-state index in [0.29, 0.717) is 28.3 Å². The van der Waals surface area contributed by atoms with Crippen LogP contribution in [-0.4, -0.2) is 49.6 Å². The number of benzene rings is 2. The second-order valence-electron chi connectivity index (χ2n) is 6.83. The highest BCUT2D eigenvalue weighted by Gasteiger charge is 2.40. The van der Waals surface area contributed by atoms with Crippen LogP contribution in [0.2, 0.25) is 0 Å². The van der Waals surface area contributed by atoms with Crippen LogP contribution >= 0.6 is 0 Å². The molecule has 1 aromatic heterocycles. The highest BCUT2D eigenvalue weighted by molar-refractivity contribution is 6.02. The van der Waals surface area contributed by atoms with Crippen molar-refractivity contribution in [3.63, 3.8) is 0 Å². The number of hydrogen-bond donors (Lipinski definition) is 1. The van der Waals surface area contributed by atoms with Crippen molar-refractivity contribution < 1.29 is 24.2 Å². The third-order valence-electron chi connectivity index (χ3n) is 4.86. The van der Waals surface area contributed by atoms with Gasteiger partial charge in [-0.25, -0.2) is 14.5 Å². The maximum absolute atomic E-state index is 12.1. The Morgan fingerprint density at radius 1 is 1.16 bits per heavy atom. The number of fused-ring (bicyclic) bond motifs is 1. The van der Waals surface area contributed by atoms with Crippen LogP contribution in [0.25, 0.3) is 0 Å². The zero-order valence-corrected chi connectivity index (χ0v) is 16.8.